The standard InChI is InChI=1S/C22H26N6O2.CH4/c1-4-9-23-22(30)17-11-28-19(14(17)3)20(24-12-25-28)27-18-10-15(6-5-13(18)2)21(29)26-16-7-8-16;/h5-6,10-12,16H,4,7-9H2,1-3H3,(H,23,30)(H,26,29)(H,24,25,27);1H4. The second-order valence-corrected chi connectivity index (χ2v) is 7.73. The number of fused-ring (bicyclic) bond motifs is 1. The average molecular weight is 423 g/mol. The van der Waals surface area contributed by atoms with Crippen molar-refractivity contribution in [1.82, 2.24) is 25.2 Å². The minimum absolute atomic E-state index is 0. The third kappa shape index (κ3) is 4.68. The molecule has 1 fully saturated rings. The van der Waals surface area contributed by atoms with Crippen LogP contribution in [-0.2, 0) is 0 Å². The van der Waals surface area contributed by atoms with Gasteiger partial charge in [-0.15, -0.1) is 0 Å². The zero-order chi connectivity index (χ0) is 21.3. The molecule has 0 saturated heterocycles. The van der Waals surface area contributed by atoms with E-state index in [-0.39, 0.29) is 19.2 Å². The van der Waals surface area contributed by atoms with Crippen LogP contribution in [0.4, 0.5) is 11.5 Å². The van der Waals surface area contributed by atoms with Crippen molar-refractivity contribution in [2.24, 2.45) is 0 Å². The molecule has 1 aliphatic carbocycles. The summed E-state index contributed by atoms with van der Waals surface area (Å²) >= 11 is 0. The number of carbonyl (C=O) groups is 2. The summed E-state index contributed by atoms with van der Waals surface area (Å²) in [5, 5.41) is 13.5. The molecule has 8 nitrogen and oxygen atoms in total. The highest BCUT2D eigenvalue weighted by atomic mass is 16.2. The molecule has 0 spiro atoms. The van der Waals surface area contributed by atoms with Gasteiger partial charge in [-0.25, -0.2) is 9.50 Å². The number of benzene rings is 1. The lowest BCUT2D eigenvalue weighted by Gasteiger charge is -2.12. The molecular weight excluding hydrogens is 392 g/mol. The highest BCUT2D eigenvalue weighted by Crippen LogP contribution is 2.28. The Hall–Kier alpha value is -3.42. The summed E-state index contributed by atoms with van der Waals surface area (Å²) in [4.78, 5) is 29.3. The molecule has 1 saturated carbocycles. The third-order valence-corrected chi connectivity index (χ3v) is 5.27. The van der Waals surface area contributed by atoms with Gasteiger partial charge in [0.05, 0.1) is 5.56 Å². The van der Waals surface area contributed by atoms with Gasteiger partial charge in [0.25, 0.3) is 11.8 Å². The summed E-state index contributed by atoms with van der Waals surface area (Å²) in [7, 11) is 0. The topological polar surface area (TPSA) is 100 Å². The van der Waals surface area contributed by atoms with E-state index in [1.54, 1.807) is 10.7 Å². The Balaban J connectivity index is 0.00000272. The van der Waals surface area contributed by atoms with Gasteiger partial charge in [-0.3, -0.25) is 9.59 Å². The number of nitrogens with one attached hydrogen (secondary N) is 3. The summed E-state index contributed by atoms with van der Waals surface area (Å²) in [6.45, 7) is 6.49. The number of anilines is 2. The maximum absolute atomic E-state index is 12.5. The molecule has 31 heavy (non-hydrogen) atoms. The normalized spacial score (nSPS) is 12.9. The minimum Gasteiger partial charge on any atom is -0.352 e. The summed E-state index contributed by atoms with van der Waals surface area (Å²) in [6.07, 6.45) is 6.12. The number of carbonyl (C=O) groups excluding carboxylic acids is 2. The van der Waals surface area contributed by atoms with Gasteiger partial charge < -0.3 is 16.0 Å². The van der Waals surface area contributed by atoms with E-state index < -0.39 is 0 Å². The van der Waals surface area contributed by atoms with Gasteiger partial charge in [-0.1, -0.05) is 20.4 Å². The summed E-state index contributed by atoms with van der Waals surface area (Å²) in [6, 6.07) is 5.87. The van der Waals surface area contributed by atoms with Gasteiger partial charge >= 0.3 is 0 Å². The zero-order valence-electron chi connectivity index (χ0n) is 17.5. The van der Waals surface area contributed by atoms with Gasteiger partial charge in [0.1, 0.15) is 11.8 Å². The Morgan fingerprint density at radius 1 is 1.19 bits per heavy atom. The van der Waals surface area contributed by atoms with Gasteiger partial charge in [0, 0.05) is 30.0 Å². The van der Waals surface area contributed by atoms with Gasteiger partial charge in [-0.2, -0.15) is 5.10 Å². The Kier molecular flexibility index (Phi) is 6.58. The van der Waals surface area contributed by atoms with Crippen LogP contribution in [0.15, 0.2) is 30.7 Å². The molecule has 0 bridgehead atoms. The zero-order valence-corrected chi connectivity index (χ0v) is 17.5. The Morgan fingerprint density at radius 3 is 2.68 bits per heavy atom. The predicted octanol–water partition coefficient (Wildman–Crippen LogP) is 3.76. The SMILES string of the molecule is C.CCCNC(=O)c1cn2ncnc(Nc3cc(C(=O)NC4CC4)ccc3C)c2c1C. The van der Waals surface area contributed by atoms with Crippen LogP contribution in [0.3, 0.4) is 0 Å². The number of nitrogens with zero attached hydrogens (tertiary/aromatic N) is 3. The molecule has 0 aliphatic heterocycles. The summed E-state index contributed by atoms with van der Waals surface area (Å²) in [5.41, 5.74) is 4.47. The van der Waals surface area contributed by atoms with Crippen molar-refractivity contribution in [1.29, 1.82) is 0 Å². The Bertz CT molecular complexity index is 1120. The fourth-order valence-electron chi connectivity index (χ4n) is 3.34. The van der Waals surface area contributed by atoms with Crippen molar-refractivity contribution in [3.05, 3.63) is 53.0 Å². The molecule has 8 heteroatoms. The number of aromatic nitrogens is 3. The third-order valence-electron chi connectivity index (χ3n) is 5.27. The molecule has 1 aromatic carbocycles. The predicted molar refractivity (Wildman–Crippen MR) is 122 cm³/mol. The largest absolute Gasteiger partial charge is 0.352 e. The van der Waals surface area contributed by atoms with E-state index in [1.165, 1.54) is 6.33 Å². The van der Waals surface area contributed by atoms with Gasteiger partial charge in [0.2, 0.25) is 0 Å². The van der Waals surface area contributed by atoms with Crippen LogP contribution >= 0.6 is 0 Å². The first-order valence-corrected chi connectivity index (χ1v) is 10.3. The van der Waals surface area contributed by atoms with E-state index in [0.717, 1.165) is 41.6 Å². The van der Waals surface area contributed by atoms with Gasteiger partial charge in [-0.05, 0) is 56.4 Å². The number of hydrogen-bond acceptors (Lipinski definition) is 5. The van der Waals surface area contributed by atoms with Crippen molar-refractivity contribution in [2.45, 2.75) is 53.5 Å². The highest BCUT2D eigenvalue weighted by molar-refractivity contribution is 5.99. The second kappa shape index (κ2) is 9.16. The number of hydrogen-bond donors (Lipinski definition) is 3. The van der Waals surface area contributed by atoms with E-state index in [9.17, 15) is 9.59 Å². The molecule has 2 amide bonds. The maximum atomic E-state index is 12.5. The molecule has 3 aromatic rings. The van der Waals surface area contributed by atoms with Crippen LogP contribution in [0, 0.1) is 13.8 Å². The quantitative estimate of drug-likeness (QED) is 0.538. The van der Waals surface area contributed by atoms with E-state index in [1.807, 2.05) is 39.0 Å². The van der Waals surface area contributed by atoms with Crippen molar-refractivity contribution in [3.8, 4) is 0 Å². The summed E-state index contributed by atoms with van der Waals surface area (Å²) < 4.78 is 1.66. The van der Waals surface area contributed by atoms with Crippen LogP contribution in [0.25, 0.3) is 5.52 Å². The average Bonchev–Trinajstić information content (AvgIpc) is 3.48. The fraction of sp³-hybridized carbons (Fsp3) is 0.391. The van der Waals surface area contributed by atoms with Crippen LogP contribution in [0.1, 0.15) is 65.5 Å². The van der Waals surface area contributed by atoms with E-state index in [4.69, 9.17) is 0 Å². The Labute approximate surface area is 182 Å². The molecule has 3 N–H and O–H groups in total. The van der Waals surface area contributed by atoms with Crippen LogP contribution in [0.5, 0.6) is 0 Å². The molecule has 2 heterocycles. The lowest BCUT2D eigenvalue weighted by molar-refractivity contribution is 0.0943. The van der Waals surface area contributed by atoms with Crippen LogP contribution in [0.2, 0.25) is 0 Å². The second-order valence-electron chi connectivity index (χ2n) is 7.73. The number of amides is 2. The van der Waals surface area contributed by atoms with E-state index >= 15 is 0 Å². The fourth-order valence-corrected chi connectivity index (χ4v) is 3.34. The van der Waals surface area contributed by atoms with Crippen molar-refractivity contribution >= 4 is 28.8 Å². The Morgan fingerprint density at radius 2 is 1.97 bits per heavy atom. The van der Waals surface area contributed by atoms with Crippen molar-refractivity contribution in [2.75, 3.05) is 11.9 Å². The van der Waals surface area contributed by atoms with Crippen molar-refractivity contribution < 1.29 is 9.59 Å². The first kappa shape index (κ1) is 22.3. The first-order chi connectivity index (χ1) is 14.5. The van der Waals surface area contributed by atoms with E-state index in [2.05, 4.69) is 26.0 Å². The first-order valence-electron chi connectivity index (χ1n) is 10.3. The molecule has 164 valence electrons. The maximum Gasteiger partial charge on any atom is 0.253 e. The molecular formula is C23H30N6O2. The molecule has 0 unspecified atom stereocenters. The smallest absolute Gasteiger partial charge is 0.253 e. The lowest BCUT2D eigenvalue weighted by Crippen LogP contribution is -2.25. The van der Waals surface area contributed by atoms with Gasteiger partial charge in [0.15, 0.2) is 5.82 Å². The molecule has 4 rings (SSSR count). The summed E-state index contributed by atoms with van der Waals surface area (Å²) in [5.74, 6) is 0.391. The molecule has 1 aliphatic rings. The number of rotatable bonds is 7. The van der Waals surface area contributed by atoms with Crippen LogP contribution in [-0.4, -0.2) is 39.0 Å². The van der Waals surface area contributed by atoms with Crippen LogP contribution < -0.4 is 16.0 Å². The molecule has 0 radical (unpaired) electrons. The van der Waals surface area contributed by atoms with Crippen molar-refractivity contribution in [3.63, 3.8) is 0 Å². The number of aryl methyl sites for hydroxylation is 2. The van der Waals surface area contributed by atoms with E-state index in [0.29, 0.717) is 29.5 Å². The highest BCUT2D eigenvalue weighted by Gasteiger charge is 2.24. The molecule has 2 aromatic heterocycles. The lowest BCUT2D eigenvalue weighted by atomic mass is 10.1. The molecule has 0 atom stereocenters. The minimum atomic E-state index is -0.124. The monoisotopic (exact) mass is 422 g/mol.